The van der Waals surface area contributed by atoms with Crippen molar-refractivity contribution in [3.63, 3.8) is 0 Å². The molecule has 84 valence electrons. The molecule has 0 atom stereocenters. The Kier molecular flexibility index (Phi) is 3.05. The average Bonchev–Trinajstić information content (AvgIpc) is 2.30. The maximum absolute atomic E-state index is 11.9. The lowest BCUT2D eigenvalue weighted by atomic mass is 10.3. The van der Waals surface area contributed by atoms with Crippen LogP contribution in [0.25, 0.3) is 11.0 Å². The Hall–Kier alpha value is -1.23. The van der Waals surface area contributed by atoms with Crippen LogP contribution in [0.2, 0.25) is 0 Å². The molecule has 5 heteroatoms. The number of aromatic nitrogens is 3. The minimum Gasteiger partial charge on any atom is -0.292 e. The van der Waals surface area contributed by atoms with Crippen molar-refractivity contribution < 1.29 is 0 Å². The molecule has 0 aliphatic carbocycles. The normalized spacial score (nSPS) is 10.9. The fourth-order valence-electron chi connectivity index (χ4n) is 1.62. The van der Waals surface area contributed by atoms with Gasteiger partial charge in [-0.1, -0.05) is 6.92 Å². The summed E-state index contributed by atoms with van der Waals surface area (Å²) in [7, 11) is 0. The highest BCUT2D eigenvalue weighted by Gasteiger charge is 2.08. The van der Waals surface area contributed by atoms with Crippen LogP contribution < -0.4 is 5.56 Å². The lowest BCUT2D eigenvalue weighted by molar-refractivity contribution is 0.740. The molecule has 0 unspecified atom stereocenters. The molecule has 0 aromatic carbocycles. The number of halogens is 1. The molecule has 0 saturated heterocycles. The largest absolute Gasteiger partial charge is 0.292 e. The van der Waals surface area contributed by atoms with Crippen LogP contribution in [-0.4, -0.2) is 14.5 Å². The Morgan fingerprint density at radius 2 is 2.19 bits per heavy atom. The van der Waals surface area contributed by atoms with Crippen LogP contribution in [0.5, 0.6) is 0 Å². The Morgan fingerprint density at radius 1 is 1.44 bits per heavy atom. The van der Waals surface area contributed by atoms with Crippen molar-refractivity contribution in [3.05, 3.63) is 32.9 Å². The van der Waals surface area contributed by atoms with Gasteiger partial charge >= 0.3 is 0 Å². The van der Waals surface area contributed by atoms with Gasteiger partial charge in [0.05, 0.1) is 4.47 Å². The molecule has 0 aliphatic rings. The van der Waals surface area contributed by atoms with E-state index in [2.05, 4.69) is 25.9 Å². The van der Waals surface area contributed by atoms with Crippen molar-refractivity contribution in [2.45, 2.75) is 26.8 Å². The second kappa shape index (κ2) is 4.33. The third-order valence-corrected chi connectivity index (χ3v) is 3.03. The van der Waals surface area contributed by atoms with E-state index >= 15 is 0 Å². The highest BCUT2D eigenvalue weighted by atomic mass is 79.9. The van der Waals surface area contributed by atoms with Crippen LogP contribution in [0.1, 0.15) is 19.7 Å². The zero-order chi connectivity index (χ0) is 11.7. The molecular formula is C11H12BrN3O. The smallest absolute Gasteiger partial charge is 0.266 e. The number of pyridine rings is 1. The molecule has 0 bridgehead atoms. The van der Waals surface area contributed by atoms with E-state index < -0.39 is 0 Å². The standard InChI is InChI=1S/C11H12BrN3O/c1-3-9-13-6-7-5-8(12)11(16)15(4-2)10(7)14-9/h5-6H,3-4H2,1-2H3. The first-order valence-electron chi connectivity index (χ1n) is 5.22. The summed E-state index contributed by atoms with van der Waals surface area (Å²) in [5.74, 6) is 0.761. The summed E-state index contributed by atoms with van der Waals surface area (Å²) in [6, 6.07) is 1.77. The van der Waals surface area contributed by atoms with Gasteiger partial charge in [-0.3, -0.25) is 9.36 Å². The number of nitrogens with zero attached hydrogens (tertiary/aromatic N) is 3. The van der Waals surface area contributed by atoms with Gasteiger partial charge in [-0.05, 0) is 28.9 Å². The maximum atomic E-state index is 11.9. The minimum absolute atomic E-state index is 0.0456. The van der Waals surface area contributed by atoms with Crippen molar-refractivity contribution in [3.8, 4) is 0 Å². The third-order valence-electron chi connectivity index (χ3n) is 2.47. The van der Waals surface area contributed by atoms with Gasteiger partial charge in [0, 0.05) is 24.5 Å². The number of hydrogen-bond donors (Lipinski definition) is 0. The second-order valence-electron chi connectivity index (χ2n) is 3.46. The Bertz CT molecular complexity index is 592. The number of hydrogen-bond acceptors (Lipinski definition) is 3. The first-order chi connectivity index (χ1) is 7.67. The molecular weight excluding hydrogens is 270 g/mol. The molecule has 0 saturated carbocycles. The third kappa shape index (κ3) is 1.75. The van der Waals surface area contributed by atoms with Gasteiger partial charge in [0.1, 0.15) is 11.5 Å². The van der Waals surface area contributed by atoms with E-state index in [4.69, 9.17) is 0 Å². The van der Waals surface area contributed by atoms with E-state index in [9.17, 15) is 4.79 Å². The summed E-state index contributed by atoms with van der Waals surface area (Å²) < 4.78 is 2.20. The topological polar surface area (TPSA) is 47.8 Å². The van der Waals surface area contributed by atoms with Crippen LogP contribution in [0.4, 0.5) is 0 Å². The first kappa shape index (κ1) is 11.3. The molecule has 16 heavy (non-hydrogen) atoms. The molecule has 0 N–H and O–H groups in total. The predicted octanol–water partition coefficient (Wildman–Crippen LogP) is 2.14. The summed E-state index contributed by atoms with van der Waals surface area (Å²) in [4.78, 5) is 20.5. The summed E-state index contributed by atoms with van der Waals surface area (Å²) in [6.45, 7) is 4.53. The van der Waals surface area contributed by atoms with Gasteiger partial charge in [-0.15, -0.1) is 0 Å². The Balaban J connectivity index is 2.87. The second-order valence-corrected chi connectivity index (χ2v) is 4.31. The molecule has 2 rings (SSSR count). The highest BCUT2D eigenvalue weighted by molar-refractivity contribution is 9.10. The molecule has 2 aromatic heterocycles. The lowest BCUT2D eigenvalue weighted by Crippen LogP contribution is -2.21. The van der Waals surface area contributed by atoms with Gasteiger partial charge in [-0.2, -0.15) is 0 Å². The van der Waals surface area contributed by atoms with Crippen molar-refractivity contribution in [1.29, 1.82) is 0 Å². The maximum Gasteiger partial charge on any atom is 0.266 e. The molecule has 0 fully saturated rings. The van der Waals surface area contributed by atoms with Gasteiger partial charge in [-0.25, -0.2) is 9.97 Å². The first-order valence-corrected chi connectivity index (χ1v) is 6.01. The highest BCUT2D eigenvalue weighted by Crippen LogP contribution is 2.14. The van der Waals surface area contributed by atoms with Crippen molar-refractivity contribution in [2.24, 2.45) is 0 Å². The fraction of sp³-hybridized carbons (Fsp3) is 0.364. The number of aryl methyl sites for hydroxylation is 2. The SMILES string of the molecule is CCc1ncc2cc(Br)c(=O)n(CC)c2n1. The summed E-state index contributed by atoms with van der Waals surface area (Å²) in [5.41, 5.74) is 0.665. The summed E-state index contributed by atoms with van der Waals surface area (Å²) in [6.07, 6.45) is 2.53. The van der Waals surface area contributed by atoms with E-state index in [1.165, 1.54) is 0 Å². The Morgan fingerprint density at radius 3 is 2.81 bits per heavy atom. The summed E-state index contributed by atoms with van der Waals surface area (Å²) in [5, 5.41) is 0.880. The van der Waals surface area contributed by atoms with Crippen molar-refractivity contribution >= 4 is 27.0 Å². The average molecular weight is 282 g/mol. The van der Waals surface area contributed by atoms with E-state index in [1.54, 1.807) is 16.8 Å². The van der Waals surface area contributed by atoms with Crippen LogP contribution in [0.15, 0.2) is 21.5 Å². The zero-order valence-electron chi connectivity index (χ0n) is 9.20. The van der Waals surface area contributed by atoms with E-state index in [-0.39, 0.29) is 5.56 Å². The van der Waals surface area contributed by atoms with Crippen LogP contribution in [0, 0.1) is 0 Å². The molecule has 0 radical (unpaired) electrons. The predicted molar refractivity (Wildman–Crippen MR) is 66.6 cm³/mol. The zero-order valence-corrected chi connectivity index (χ0v) is 10.8. The quantitative estimate of drug-likeness (QED) is 0.847. The van der Waals surface area contributed by atoms with E-state index in [0.717, 1.165) is 17.6 Å². The van der Waals surface area contributed by atoms with Gasteiger partial charge in [0.25, 0.3) is 5.56 Å². The molecule has 0 amide bonds. The monoisotopic (exact) mass is 281 g/mol. The van der Waals surface area contributed by atoms with Gasteiger partial charge in [0.2, 0.25) is 0 Å². The van der Waals surface area contributed by atoms with Crippen molar-refractivity contribution in [2.75, 3.05) is 0 Å². The Labute approximate surface area is 101 Å². The lowest BCUT2D eigenvalue weighted by Gasteiger charge is -2.08. The molecule has 0 spiro atoms. The van der Waals surface area contributed by atoms with Crippen LogP contribution in [-0.2, 0) is 13.0 Å². The van der Waals surface area contributed by atoms with Gasteiger partial charge in [0.15, 0.2) is 0 Å². The number of rotatable bonds is 2. The van der Waals surface area contributed by atoms with Crippen LogP contribution in [0.3, 0.4) is 0 Å². The molecule has 0 aliphatic heterocycles. The molecule has 4 nitrogen and oxygen atoms in total. The fourth-order valence-corrected chi connectivity index (χ4v) is 2.08. The van der Waals surface area contributed by atoms with E-state index in [1.807, 2.05) is 13.8 Å². The van der Waals surface area contributed by atoms with E-state index in [0.29, 0.717) is 16.7 Å². The summed E-state index contributed by atoms with van der Waals surface area (Å²) >= 11 is 3.25. The molecule has 2 heterocycles. The number of fused-ring (bicyclic) bond motifs is 1. The minimum atomic E-state index is -0.0456. The van der Waals surface area contributed by atoms with Crippen molar-refractivity contribution in [1.82, 2.24) is 14.5 Å². The molecule has 2 aromatic rings. The van der Waals surface area contributed by atoms with Crippen LogP contribution >= 0.6 is 15.9 Å². The van der Waals surface area contributed by atoms with Gasteiger partial charge < -0.3 is 0 Å².